The molecule has 0 radical (unpaired) electrons. The molecule has 0 fully saturated rings. The fraction of sp³-hybridized carbons (Fsp3) is 0.750. The van der Waals surface area contributed by atoms with Crippen LogP contribution in [0.1, 0.15) is 162 Å². The fourth-order valence-electron chi connectivity index (χ4n) is 5.00. The lowest BCUT2D eigenvalue weighted by Gasteiger charge is -2.15. The molecule has 6 nitrogen and oxygen atoms in total. The van der Waals surface area contributed by atoms with Crippen molar-refractivity contribution in [1.82, 2.24) is 0 Å². The van der Waals surface area contributed by atoms with Gasteiger partial charge in [0.15, 0.2) is 6.10 Å². The summed E-state index contributed by atoms with van der Waals surface area (Å²) in [6, 6.07) is 0. The van der Waals surface area contributed by atoms with E-state index in [0.717, 1.165) is 76.5 Å². The van der Waals surface area contributed by atoms with Gasteiger partial charge in [0.2, 0.25) is 0 Å². The lowest BCUT2D eigenvalue weighted by molar-refractivity contribution is -0.161. The van der Waals surface area contributed by atoms with Crippen LogP contribution in [0.2, 0.25) is 0 Å². The third kappa shape index (κ3) is 34.7. The van der Waals surface area contributed by atoms with Gasteiger partial charge in [-0.25, -0.2) is 0 Å². The van der Waals surface area contributed by atoms with Crippen molar-refractivity contribution in [2.45, 2.75) is 168 Å². The van der Waals surface area contributed by atoms with Crippen molar-refractivity contribution in [3.8, 4) is 0 Å². The van der Waals surface area contributed by atoms with Crippen molar-refractivity contribution >= 4 is 11.9 Å². The first kappa shape index (κ1) is 43.8. The number of hydrogen-bond donors (Lipinski definition) is 2. The van der Waals surface area contributed by atoms with Gasteiger partial charge in [0, 0.05) is 19.4 Å². The summed E-state index contributed by atoms with van der Waals surface area (Å²) in [5.74, 6) is 0.155. The molecule has 46 heavy (non-hydrogen) atoms. The van der Waals surface area contributed by atoms with Crippen molar-refractivity contribution in [2.24, 2.45) is 5.92 Å². The molecule has 0 saturated carbocycles. The SMILES string of the molecule is CC(C)CCCCCCCCCCCCCC(=O)O[C@@H](CO)COC(=O)CCC/C=C\C/C=C\C/C=C\C/C=C\CCCCCO. The minimum absolute atomic E-state index is 0.102. The van der Waals surface area contributed by atoms with Crippen molar-refractivity contribution in [1.29, 1.82) is 0 Å². The fourth-order valence-corrected chi connectivity index (χ4v) is 5.00. The smallest absolute Gasteiger partial charge is 0.306 e. The molecule has 0 aliphatic rings. The van der Waals surface area contributed by atoms with E-state index in [1.165, 1.54) is 57.8 Å². The molecule has 1 atom stereocenters. The van der Waals surface area contributed by atoms with Gasteiger partial charge in [-0.05, 0) is 63.7 Å². The van der Waals surface area contributed by atoms with E-state index in [1.807, 2.05) is 0 Å². The normalized spacial score (nSPS) is 12.8. The summed E-state index contributed by atoms with van der Waals surface area (Å²) in [6.45, 7) is 4.43. The summed E-state index contributed by atoms with van der Waals surface area (Å²) >= 11 is 0. The molecule has 0 aliphatic heterocycles. The highest BCUT2D eigenvalue weighted by Gasteiger charge is 2.16. The maximum absolute atomic E-state index is 12.1. The zero-order chi connectivity index (χ0) is 33.8. The lowest BCUT2D eigenvalue weighted by Crippen LogP contribution is -2.28. The molecule has 0 amide bonds. The summed E-state index contributed by atoms with van der Waals surface area (Å²) in [5.41, 5.74) is 0. The minimum atomic E-state index is -0.798. The number of aliphatic hydroxyl groups excluding tert-OH is 2. The molecule has 0 spiro atoms. The average Bonchev–Trinajstić information content (AvgIpc) is 3.04. The van der Waals surface area contributed by atoms with E-state index >= 15 is 0 Å². The number of aliphatic hydroxyl groups is 2. The van der Waals surface area contributed by atoms with E-state index in [0.29, 0.717) is 25.9 Å². The maximum atomic E-state index is 12.1. The molecular weight excluding hydrogens is 576 g/mol. The Bertz CT molecular complexity index is 798. The molecule has 0 bridgehead atoms. The van der Waals surface area contributed by atoms with Gasteiger partial charge in [-0.3, -0.25) is 9.59 Å². The highest BCUT2D eigenvalue weighted by atomic mass is 16.6. The van der Waals surface area contributed by atoms with Gasteiger partial charge in [-0.2, -0.15) is 0 Å². The molecule has 266 valence electrons. The Morgan fingerprint density at radius 2 is 1.00 bits per heavy atom. The summed E-state index contributed by atoms with van der Waals surface area (Å²) in [6.07, 6.45) is 40.4. The highest BCUT2D eigenvalue weighted by Crippen LogP contribution is 2.14. The van der Waals surface area contributed by atoms with Crippen molar-refractivity contribution in [3.63, 3.8) is 0 Å². The van der Waals surface area contributed by atoms with Crippen LogP contribution in [0, 0.1) is 5.92 Å². The molecular formula is C40H70O6. The third-order valence-corrected chi connectivity index (χ3v) is 7.86. The van der Waals surface area contributed by atoms with Crippen LogP contribution in [0.5, 0.6) is 0 Å². The van der Waals surface area contributed by atoms with Crippen LogP contribution in [0.15, 0.2) is 48.6 Å². The number of ether oxygens (including phenoxy) is 2. The number of rotatable bonds is 33. The van der Waals surface area contributed by atoms with Gasteiger partial charge < -0.3 is 19.7 Å². The molecule has 0 aromatic rings. The second-order valence-electron chi connectivity index (χ2n) is 12.9. The van der Waals surface area contributed by atoms with Crippen LogP contribution < -0.4 is 0 Å². The molecule has 2 N–H and O–H groups in total. The number of carbonyl (C=O) groups is 2. The highest BCUT2D eigenvalue weighted by molar-refractivity contribution is 5.70. The standard InChI is InChI=1S/C40H70O6/c1-37(2)31-27-23-19-15-11-10-13-17-21-25-29-33-40(44)46-38(35-42)36-45-39(43)32-28-24-20-16-12-8-6-4-3-5-7-9-14-18-22-26-30-34-41/h3,5-6,8-9,14,16,20,37-38,41-42H,4,7,10-13,15,17-19,21-36H2,1-2H3/b5-3-,8-6-,14-9-,20-16-/t38-/m0/s1. The van der Waals surface area contributed by atoms with Gasteiger partial charge >= 0.3 is 11.9 Å². The Morgan fingerprint density at radius 3 is 1.52 bits per heavy atom. The van der Waals surface area contributed by atoms with Crippen LogP contribution in [0.4, 0.5) is 0 Å². The number of unbranched alkanes of at least 4 members (excludes halogenated alkanes) is 14. The first-order chi connectivity index (χ1) is 22.5. The molecule has 6 heteroatoms. The number of allylic oxidation sites excluding steroid dienone is 8. The van der Waals surface area contributed by atoms with Gasteiger partial charge in [0.25, 0.3) is 0 Å². The molecule has 0 aromatic heterocycles. The summed E-state index contributed by atoms with van der Waals surface area (Å²) in [5, 5.41) is 18.3. The van der Waals surface area contributed by atoms with E-state index < -0.39 is 6.10 Å². The largest absolute Gasteiger partial charge is 0.462 e. The third-order valence-electron chi connectivity index (χ3n) is 7.86. The van der Waals surface area contributed by atoms with Gasteiger partial charge in [-0.15, -0.1) is 0 Å². The van der Waals surface area contributed by atoms with Gasteiger partial charge in [0.1, 0.15) is 6.61 Å². The molecule has 0 aliphatic carbocycles. The first-order valence-corrected chi connectivity index (χ1v) is 18.7. The molecule has 0 unspecified atom stereocenters. The Morgan fingerprint density at radius 1 is 0.543 bits per heavy atom. The second kappa shape index (κ2) is 35.7. The van der Waals surface area contributed by atoms with E-state index in [1.54, 1.807) is 0 Å². The van der Waals surface area contributed by atoms with Crippen LogP contribution in [-0.4, -0.2) is 48.1 Å². The van der Waals surface area contributed by atoms with Crippen molar-refractivity contribution in [2.75, 3.05) is 19.8 Å². The van der Waals surface area contributed by atoms with E-state index in [9.17, 15) is 14.7 Å². The second-order valence-corrected chi connectivity index (χ2v) is 12.9. The molecule has 0 aromatic carbocycles. The zero-order valence-electron chi connectivity index (χ0n) is 29.7. The molecule has 0 heterocycles. The van der Waals surface area contributed by atoms with Crippen LogP contribution in [0.3, 0.4) is 0 Å². The summed E-state index contributed by atoms with van der Waals surface area (Å²) < 4.78 is 10.5. The zero-order valence-corrected chi connectivity index (χ0v) is 29.7. The van der Waals surface area contributed by atoms with Crippen LogP contribution in [-0.2, 0) is 19.1 Å². The van der Waals surface area contributed by atoms with Crippen molar-refractivity contribution < 1.29 is 29.3 Å². The van der Waals surface area contributed by atoms with Gasteiger partial charge in [0.05, 0.1) is 6.61 Å². The Hall–Kier alpha value is -2.18. The Kier molecular flexibility index (Phi) is 34.0. The van der Waals surface area contributed by atoms with Crippen LogP contribution >= 0.6 is 0 Å². The Balaban J connectivity index is 3.67. The predicted octanol–water partition coefficient (Wildman–Crippen LogP) is 10.3. The summed E-state index contributed by atoms with van der Waals surface area (Å²) in [4.78, 5) is 24.2. The van der Waals surface area contributed by atoms with E-state index in [4.69, 9.17) is 14.6 Å². The number of carbonyl (C=O) groups excluding carboxylic acids is 2. The lowest BCUT2D eigenvalue weighted by atomic mass is 10.0. The monoisotopic (exact) mass is 647 g/mol. The number of esters is 2. The average molecular weight is 647 g/mol. The molecule has 0 rings (SSSR count). The van der Waals surface area contributed by atoms with Gasteiger partial charge in [-0.1, -0.05) is 140 Å². The first-order valence-electron chi connectivity index (χ1n) is 18.7. The molecule has 0 saturated heterocycles. The minimum Gasteiger partial charge on any atom is -0.462 e. The number of hydrogen-bond acceptors (Lipinski definition) is 6. The Labute approximate surface area is 282 Å². The van der Waals surface area contributed by atoms with Crippen molar-refractivity contribution in [3.05, 3.63) is 48.6 Å². The summed E-state index contributed by atoms with van der Waals surface area (Å²) in [7, 11) is 0. The topological polar surface area (TPSA) is 93.1 Å². The van der Waals surface area contributed by atoms with E-state index in [2.05, 4.69) is 62.5 Å². The maximum Gasteiger partial charge on any atom is 0.306 e. The van der Waals surface area contributed by atoms with E-state index in [-0.39, 0.29) is 25.2 Å². The predicted molar refractivity (Wildman–Crippen MR) is 193 cm³/mol. The quantitative estimate of drug-likeness (QED) is 0.0419. The van der Waals surface area contributed by atoms with Crippen LogP contribution in [0.25, 0.3) is 0 Å².